The molecule has 1 aliphatic carbocycles. The quantitative estimate of drug-likeness (QED) is 0.344. The van der Waals surface area contributed by atoms with Crippen LogP contribution in [-0.4, -0.2) is 55.0 Å². The molecule has 0 radical (unpaired) electrons. The summed E-state index contributed by atoms with van der Waals surface area (Å²) in [5, 5.41) is 7.52. The number of esters is 1. The van der Waals surface area contributed by atoms with Gasteiger partial charge in [-0.3, -0.25) is 28.8 Å². The molecule has 2 aliphatic rings. The second kappa shape index (κ2) is 12.0. The molecule has 3 N–H and O–H groups in total. The Morgan fingerprint density at radius 1 is 1.16 bits per heavy atom. The van der Waals surface area contributed by atoms with Crippen LogP contribution in [0, 0.1) is 5.92 Å². The molecule has 0 saturated heterocycles. The molecule has 0 spiro atoms. The first-order chi connectivity index (χ1) is 20.4. The van der Waals surface area contributed by atoms with Crippen LogP contribution in [0.5, 0.6) is 0 Å². The molecule has 226 valence electrons. The molecule has 3 aromatic rings. The molecule has 43 heavy (non-hydrogen) atoms. The van der Waals surface area contributed by atoms with Crippen LogP contribution in [0.15, 0.2) is 48.9 Å². The number of amides is 3. The molecular formula is C32H38N6O5. The third kappa shape index (κ3) is 6.60. The fraction of sp³-hybridized carbons (Fsp3) is 0.438. The van der Waals surface area contributed by atoms with E-state index in [2.05, 4.69) is 10.4 Å². The third-order valence-electron chi connectivity index (χ3n) is 8.00. The number of nitrogens with one attached hydrogen (secondary N) is 1. The minimum absolute atomic E-state index is 0.0454. The van der Waals surface area contributed by atoms with Gasteiger partial charge in [-0.05, 0) is 75.8 Å². The van der Waals surface area contributed by atoms with Crippen LogP contribution in [-0.2, 0) is 27.9 Å². The fourth-order valence-electron chi connectivity index (χ4n) is 5.71. The first kappa shape index (κ1) is 29.9. The number of ether oxygens (including phenoxy) is 1. The predicted octanol–water partition coefficient (Wildman–Crippen LogP) is 3.68. The summed E-state index contributed by atoms with van der Waals surface area (Å²) in [5.41, 5.74) is 9.07. The van der Waals surface area contributed by atoms with E-state index < -0.39 is 23.5 Å². The minimum Gasteiger partial charge on any atom is -0.460 e. The van der Waals surface area contributed by atoms with Crippen molar-refractivity contribution >= 4 is 23.7 Å². The van der Waals surface area contributed by atoms with Crippen molar-refractivity contribution in [2.24, 2.45) is 18.7 Å². The second-order valence-corrected chi connectivity index (χ2v) is 12.3. The van der Waals surface area contributed by atoms with Gasteiger partial charge in [0.1, 0.15) is 11.6 Å². The number of aromatic nitrogens is 3. The Balaban J connectivity index is 1.33. The average molecular weight is 587 g/mol. The molecule has 2 atom stereocenters. The Kier molecular flexibility index (Phi) is 8.34. The Morgan fingerprint density at radius 2 is 1.93 bits per heavy atom. The highest BCUT2D eigenvalue weighted by atomic mass is 16.6. The monoisotopic (exact) mass is 586 g/mol. The molecule has 1 aliphatic heterocycles. The van der Waals surface area contributed by atoms with Crippen LogP contribution in [0.25, 0.3) is 11.1 Å². The molecule has 2 aromatic heterocycles. The first-order valence-electron chi connectivity index (χ1n) is 14.6. The van der Waals surface area contributed by atoms with Crippen molar-refractivity contribution in [1.82, 2.24) is 25.0 Å². The highest BCUT2D eigenvalue weighted by molar-refractivity contribution is 6.03. The zero-order valence-electron chi connectivity index (χ0n) is 25.0. The van der Waals surface area contributed by atoms with Gasteiger partial charge in [0.2, 0.25) is 5.91 Å². The Hall–Kier alpha value is -4.54. The average Bonchev–Trinajstić information content (AvgIpc) is 3.49. The van der Waals surface area contributed by atoms with Gasteiger partial charge in [-0.2, -0.15) is 5.10 Å². The second-order valence-electron chi connectivity index (χ2n) is 12.3. The zero-order chi connectivity index (χ0) is 30.9. The highest BCUT2D eigenvalue weighted by Crippen LogP contribution is 2.40. The molecule has 1 fully saturated rings. The van der Waals surface area contributed by atoms with Crippen molar-refractivity contribution < 1.29 is 23.9 Å². The van der Waals surface area contributed by atoms with Gasteiger partial charge in [-0.15, -0.1) is 0 Å². The molecule has 1 aromatic carbocycles. The summed E-state index contributed by atoms with van der Waals surface area (Å²) in [6, 6.07) is 7.50. The smallest absolute Gasteiger partial charge is 0.306 e. The largest absolute Gasteiger partial charge is 0.460 e. The SMILES string of the molecule is Cn1cc(-c2cccnc2[C@H](NC(=O)c2ccc3c(c2)CN([C@@H](CCC(=O)OC(C)(C)C)C(N)=O)C3=O)C2CCC2)cn1. The summed E-state index contributed by atoms with van der Waals surface area (Å²) in [6.45, 7) is 5.38. The normalized spacial score (nSPS) is 16.3. The minimum atomic E-state index is -0.984. The lowest BCUT2D eigenvalue weighted by atomic mass is 9.77. The summed E-state index contributed by atoms with van der Waals surface area (Å²) >= 11 is 0. The lowest BCUT2D eigenvalue weighted by Crippen LogP contribution is -2.45. The molecule has 0 bridgehead atoms. The summed E-state index contributed by atoms with van der Waals surface area (Å²) in [7, 11) is 1.86. The number of carbonyl (C=O) groups is 4. The van der Waals surface area contributed by atoms with Crippen LogP contribution in [0.2, 0.25) is 0 Å². The number of hydrogen-bond acceptors (Lipinski definition) is 7. The van der Waals surface area contributed by atoms with Crippen molar-refractivity contribution in [1.29, 1.82) is 0 Å². The number of nitrogens with zero attached hydrogens (tertiary/aromatic N) is 4. The molecule has 1 saturated carbocycles. The number of aryl methyl sites for hydroxylation is 1. The Bertz CT molecular complexity index is 1550. The highest BCUT2D eigenvalue weighted by Gasteiger charge is 2.37. The van der Waals surface area contributed by atoms with Gasteiger partial charge in [-0.25, -0.2) is 0 Å². The van der Waals surface area contributed by atoms with Crippen LogP contribution < -0.4 is 11.1 Å². The number of primary amides is 1. The lowest BCUT2D eigenvalue weighted by Gasteiger charge is -2.34. The van der Waals surface area contributed by atoms with Gasteiger partial charge < -0.3 is 20.7 Å². The van der Waals surface area contributed by atoms with E-state index in [1.807, 2.05) is 25.4 Å². The maximum atomic E-state index is 13.6. The van der Waals surface area contributed by atoms with E-state index in [1.165, 1.54) is 4.90 Å². The van der Waals surface area contributed by atoms with Crippen molar-refractivity contribution in [3.63, 3.8) is 0 Å². The van der Waals surface area contributed by atoms with Gasteiger partial charge in [-0.1, -0.05) is 12.5 Å². The molecule has 11 nitrogen and oxygen atoms in total. The van der Waals surface area contributed by atoms with Gasteiger partial charge in [0.15, 0.2) is 0 Å². The van der Waals surface area contributed by atoms with E-state index >= 15 is 0 Å². The van der Waals surface area contributed by atoms with E-state index in [0.29, 0.717) is 16.7 Å². The number of rotatable bonds is 10. The summed E-state index contributed by atoms with van der Waals surface area (Å²) < 4.78 is 7.07. The van der Waals surface area contributed by atoms with E-state index in [4.69, 9.17) is 15.5 Å². The number of carbonyl (C=O) groups excluding carboxylic acids is 4. The number of benzene rings is 1. The van der Waals surface area contributed by atoms with E-state index in [-0.39, 0.29) is 43.2 Å². The third-order valence-corrected chi connectivity index (χ3v) is 8.00. The topological polar surface area (TPSA) is 150 Å². The molecule has 5 rings (SSSR count). The molecule has 3 amide bonds. The molecule has 0 unspecified atom stereocenters. The number of fused-ring (bicyclic) bond motifs is 1. The summed E-state index contributed by atoms with van der Waals surface area (Å²) in [4.78, 5) is 57.6. The maximum Gasteiger partial charge on any atom is 0.306 e. The zero-order valence-corrected chi connectivity index (χ0v) is 25.0. The van der Waals surface area contributed by atoms with Crippen LogP contribution in [0.3, 0.4) is 0 Å². The van der Waals surface area contributed by atoms with Crippen LogP contribution in [0.1, 0.15) is 90.9 Å². The Labute approximate surface area is 250 Å². The van der Waals surface area contributed by atoms with E-state index in [9.17, 15) is 19.2 Å². The van der Waals surface area contributed by atoms with E-state index in [0.717, 1.165) is 36.1 Å². The van der Waals surface area contributed by atoms with Crippen molar-refractivity contribution in [2.75, 3.05) is 0 Å². The van der Waals surface area contributed by atoms with Gasteiger partial charge >= 0.3 is 5.97 Å². The predicted molar refractivity (Wildman–Crippen MR) is 158 cm³/mol. The van der Waals surface area contributed by atoms with Crippen molar-refractivity contribution in [3.05, 3.63) is 71.3 Å². The fourth-order valence-corrected chi connectivity index (χ4v) is 5.71. The molecular weight excluding hydrogens is 548 g/mol. The lowest BCUT2D eigenvalue weighted by molar-refractivity contribution is -0.155. The maximum absolute atomic E-state index is 13.6. The van der Waals surface area contributed by atoms with Crippen LogP contribution >= 0.6 is 0 Å². The summed E-state index contributed by atoms with van der Waals surface area (Å²) in [5.74, 6) is -1.56. The molecule has 3 heterocycles. The number of pyridine rings is 1. The summed E-state index contributed by atoms with van der Waals surface area (Å²) in [6.07, 6.45) is 8.50. The standard InChI is InChI=1S/C32H38N6O5/c1-32(2,3)43-26(39)13-12-25(29(33)40)38-18-21-15-20(10-11-24(21)31(38)42)30(41)36-27(19-7-5-8-19)28-23(9-6-14-34-28)22-16-35-37(4)17-22/h6,9-11,14-17,19,25,27H,5,7-8,12-13,18H2,1-4H3,(H2,33,40)(H,36,41)/t25-,27+/m0/s1. The van der Waals surface area contributed by atoms with Crippen molar-refractivity contribution in [3.8, 4) is 11.1 Å². The number of hydrogen-bond donors (Lipinski definition) is 2. The molecule has 11 heteroatoms. The van der Waals surface area contributed by atoms with Crippen molar-refractivity contribution in [2.45, 2.75) is 77.1 Å². The van der Waals surface area contributed by atoms with E-state index in [1.54, 1.807) is 56.0 Å². The Morgan fingerprint density at radius 3 is 2.56 bits per heavy atom. The van der Waals surface area contributed by atoms with Gasteiger partial charge in [0.25, 0.3) is 11.8 Å². The van der Waals surface area contributed by atoms with Crippen LogP contribution in [0.4, 0.5) is 0 Å². The van der Waals surface area contributed by atoms with Gasteiger partial charge in [0, 0.05) is 54.7 Å². The van der Waals surface area contributed by atoms with Gasteiger partial charge in [0.05, 0.1) is 17.9 Å². The first-order valence-corrected chi connectivity index (χ1v) is 14.6. The number of nitrogens with two attached hydrogens (primary N) is 1.